The van der Waals surface area contributed by atoms with Gasteiger partial charge in [0.1, 0.15) is 18.1 Å². The number of hydrogen-bond donors (Lipinski definition) is 1. The van der Waals surface area contributed by atoms with E-state index < -0.39 is 12.4 Å². The summed E-state index contributed by atoms with van der Waals surface area (Å²) in [7, 11) is 0. The lowest BCUT2D eigenvalue weighted by atomic mass is 9.98. The van der Waals surface area contributed by atoms with Crippen molar-refractivity contribution in [1.82, 2.24) is 5.32 Å². The molecule has 1 atom stereocenters. The van der Waals surface area contributed by atoms with Crippen molar-refractivity contribution < 1.29 is 22.7 Å². The number of alkyl halides is 3. The lowest BCUT2D eigenvalue weighted by Crippen LogP contribution is -2.23. The number of ether oxygens (including phenoxy) is 1. The Morgan fingerprint density at radius 2 is 2.12 bits per heavy atom. The van der Waals surface area contributed by atoms with Gasteiger partial charge in [0.05, 0.1) is 0 Å². The maximum Gasteiger partial charge on any atom is 0.573 e. The smallest absolute Gasteiger partial charge is 0.405 e. The van der Waals surface area contributed by atoms with Crippen LogP contribution in [0.4, 0.5) is 13.2 Å². The van der Waals surface area contributed by atoms with E-state index in [2.05, 4.69) is 10.1 Å². The van der Waals surface area contributed by atoms with E-state index in [1.54, 1.807) is 6.07 Å². The van der Waals surface area contributed by atoms with Gasteiger partial charge in [-0.3, -0.25) is 0 Å². The van der Waals surface area contributed by atoms with Crippen LogP contribution in [0, 0.1) is 0 Å². The monoisotopic (exact) mass is 243 g/mol. The Balaban J connectivity index is 2.44. The van der Waals surface area contributed by atoms with Crippen molar-refractivity contribution in [1.29, 1.82) is 0 Å². The molecule has 1 aliphatic heterocycles. The minimum atomic E-state index is -4.75. The van der Waals surface area contributed by atoms with Crippen molar-refractivity contribution in [2.75, 3.05) is 0 Å². The fraction of sp³-hybridized carbons (Fsp3) is 0.182. The molecule has 1 N–H and O–H groups in total. The van der Waals surface area contributed by atoms with E-state index in [0.717, 1.165) is 0 Å². The zero-order valence-electron chi connectivity index (χ0n) is 8.49. The average Bonchev–Trinajstić information content (AvgIpc) is 2.27. The Bertz CT molecular complexity index is 468. The number of benzene rings is 1. The molecule has 0 saturated heterocycles. The van der Waals surface area contributed by atoms with Crippen molar-refractivity contribution in [2.24, 2.45) is 0 Å². The van der Waals surface area contributed by atoms with Gasteiger partial charge in [0.15, 0.2) is 0 Å². The third-order valence-corrected chi connectivity index (χ3v) is 2.32. The number of nitrogens with one attached hydrogen (secondary N) is 1. The third kappa shape index (κ3) is 2.41. The normalized spacial score (nSPS) is 18.2. The second-order valence-corrected chi connectivity index (χ2v) is 3.42. The van der Waals surface area contributed by atoms with Gasteiger partial charge in [-0.25, -0.2) is 0 Å². The molecule has 0 aromatic heterocycles. The summed E-state index contributed by atoms with van der Waals surface area (Å²) in [5, 5.41) is 2.73. The lowest BCUT2D eigenvalue weighted by Gasteiger charge is -2.21. The number of carbonyl (C=O) groups excluding carboxylic acids is 1. The predicted octanol–water partition coefficient (Wildman–Crippen LogP) is 2.40. The summed E-state index contributed by atoms with van der Waals surface area (Å²) >= 11 is 0. The number of aldehydes is 1. The first kappa shape index (κ1) is 11.5. The first-order valence-corrected chi connectivity index (χ1v) is 4.78. The van der Waals surface area contributed by atoms with Crippen LogP contribution in [0.25, 0.3) is 6.08 Å². The van der Waals surface area contributed by atoms with Crippen LogP contribution in [0.3, 0.4) is 0 Å². The van der Waals surface area contributed by atoms with Gasteiger partial charge < -0.3 is 14.8 Å². The second kappa shape index (κ2) is 4.12. The number of rotatable bonds is 2. The molecule has 0 radical (unpaired) electrons. The van der Waals surface area contributed by atoms with E-state index in [0.29, 0.717) is 11.8 Å². The zero-order valence-corrected chi connectivity index (χ0v) is 8.49. The highest BCUT2D eigenvalue weighted by molar-refractivity contribution is 5.72. The zero-order chi connectivity index (χ0) is 12.5. The Labute approximate surface area is 94.9 Å². The van der Waals surface area contributed by atoms with Crippen LogP contribution < -0.4 is 10.1 Å². The van der Waals surface area contributed by atoms with Crippen LogP contribution in [-0.4, -0.2) is 12.6 Å². The van der Waals surface area contributed by atoms with Crippen LogP contribution in [-0.2, 0) is 4.79 Å². The molecule has 1 aromatic rings. The standard InChI is InChI=1S/C11H8F3NO2/c12-11(13,14)17-10-3-1-2-7-8(10)4-5-15-9(7)6-16/h1-6,9,15H. The van der Waals surface area contributed by atoms with Gasteiger partial charge in [0, 0.05) is 5.56 Å². The molecule has 0 bridgehead atoms. The number of fused-ring (bicyclic) bond motifs is 1. The van der Waals surface area contributed by atoms with Crippen molar-refractivity contribution in [2.45, 2.75) is 12.4 Å². The summed E-state index contributed by atoms with van der Waals surface area (Å²) in [5.41, 5.74) is 0.727. The summed E-state index contributed by atoms with van der Waals surface area (Å²) in [5.74, 6) is -0.306. The molecular formula is C11H8F3NO2. The van der Waals surface area contributed by atoms with Gasteiger partial charge >= 0.3 is 6.36 Å². The first-order valence-electron chi connectivity index (χ1n) is 4.78. The molecule has 1 aliphatic rings. The lowest BCUT2D eigenvalue weighted by molar-refractivity contribution is -0.274. The van der Waals surface area contributed by atoms with Crippen molar-refractivity contribution in [3.05, 3.63) is 35.5 Å². The molecule has 0 amide bonds. The predicted molar refractivity (Wildman–Crippen MR) is 54.1 cm³/mol. The first-order chi connectivity index (χ1) is 8.01. The van der Waals surface area contributed by atoms with E-state index in [4.69, 9.17) is 0 Å². The van der Waals surface area contributed by atoms with Crippen LogP contribution in [0.5, 0.6) is 5.75 Å². The van der Waals surface area contributed by atoms with Crippen LogP contribution in [0.15, 0.2) is 24.4 Å². The van der Waals surface area contributed by atoms with Crippen LogP contribution in [0.2, 0.25) is 0 Å². The average molecular weight is 243 g/mol. The Morgan fingerprint density at radius 3 is 2.76 bits per heavy atom. The van der Waals surface area contributed by atoms with Gasteiger partial charge in [0.25, 0.3) is 0 Å². The van der Waals surface area contributed by atoms with Gasteiger partial charge in [-0.15, -0.1) is 13.2 Å². The van der Waals surface area contributed by atoms with Crippen LogP contribution in [0.1, 0.15) is 17.2 Å². The maximum atomic E-state index is 12.2. The SMILES string of the molecule is O=CC1NC=Cc2c(OC(F)(F)F)cccc21. The maximum absolute atomic E-state index is 12.2. The van der Waals surface area contributed by atoms with Gasteiger partial charge in [-0.05, 0) is 23.9 Å². The molecule has 0 saturated carbocycles. The largest absolute Gasteiger partial charge is 0.573 e. The van der Waals surface area contributed by atoms with E-state index >= 15 is 0 Å². The fourth-order valence-corrected chi connectivity index (χ4v) is 1.66. The summed E-state index contributed by atoms with van der Waals surface area (Å²) in [6.07, 6.45) is -1.26. The van der Waals surface area contributed by atoms with E-state index in [1.165, 1.54) is 24.4 Å². The Kier molecular flexibility index (Phi) is 2.79. The van der Waals surface area contributed by atoms with Crippen molar-refractivity contribution >= 4 is 12.4 Å². The molecular weight excluding hydrogens is 235 g/mol. The highest BCUT2D eigenvalue weighted by Gasteiger charge is 2.33. The molecule has 0 aliphatic carbocycles. The van der Waals surface area contributed by atoms with E-state index in [1.807, 2.05) is 0 Å². The highest BCUT2D eigenvalue weighted by Crippen LogP contribution is 2.33. The molecule has 0 fully saturated rings. The topological polar surface area (TPSA) is 38.3 Å². The fourth-order valence-electron chi connectivity index (χ4n) is 1.66. The molecule has 1 heterocycles. The molecule has 17 heavy (non-hydrogen) atoms. The number of halogens is 3. The molecule has 2 rings (SSSR count). The van der Waals surface area contributed by atoms with Crippen molar-refractivity contribution in [3.8, 4) is 5.75 Å². The van der Waals surface area contributed by atoms with Gasteiger partial charge in [-0.1, -0.05) is 12.1 Å². The van der Waals surface area contributed by atoms with Crippen LogP contribution >= 0.6 is 0 Å². The Hall–Kier alpha value is -1.98. The molecule has 1 aromatic carbocycles. The second-order valence-electron chi connectivity index (χ2n) is 3.42. The van der Waals surface area contributed by atoms with E-state index in [9.17, 15) is 18.0 Å². The third-order valence-electron chi connectivity index (χ3n) is 2.32. The summed E-state index contributed by atoms with van der Waals surface area (Å²) in [6, 6.07) is 3.56. The minimum Gasteiger partial charge on any atom is -0.405 e. The molecule has 1 unspecified atom stereocenters. The summed E-state index contributed by atoms with van der Waals surface area (Å²) in [4.78, 5) is 10.8. The number of hydrogen-bond acceptors (Lipinski definition) is 3. The molecule has 3 nitrogen and oxygen atoms in total. The van der Waals surface area contributed by atoms with E-state index in [-0.39, 0.29) is 11.3 Å². The molecule has 0 spiro atoms. The van der Waals surface area contributed by atoms with Gasteiger partial charge in [0.2, 0.25) is 0 Å². The van der Waals surface area contributed by atoms with Gasteiger partial charge in [-0.2, -0.15) is 0 Å². The quantitative estimate of drug-likeness (QED) is 0.810. The molecule has 90 valence electrons. The summed E-state index contributed by atoms with van der Waals surface area (Å²) in [6.45, 7) is 0. The molecule has 6 heteroatoms. The number of carbonyl (C=O) groups is 1. The summed E-state index contributed by atoms with van der Waals surface area (Å²) < 4.78 is 40.4. The highest BCUT2D eigenvalue weighted by atomic mass is 19.4. The van der Waals surface area contributed by atoms with Crippen molar-refractivity contribution in [3.63, 3.8) is 0 Å². The minimum absolute atomic E-state index is 0.265. The Morgan fingerprint density at radius 1 is 1.35 bits per heavy atom.